The van der Waals surface area contributed by atoms with Crippen molar-refractivity contribution in [2.24, 2.45) is 0 Å². The molecule has 1 aromatic heterocycles. The highest BCUT2D eigenvalue weighted by Crippen LogP contribution is 2.31. The first-order chi connectivity index (χ1) is 18.8. The van der Waals surface area contributed by atoms with Gasteiger partial charge < -0.3 is 25.2 Å². The number of aryl methyl sites for hydroxylation is 1. The molecule has 2 aliphatic heterocycles. The van der Waals surface area contributed by atoms with Gasteiger partial charge in [-0.2, -0.15) is 5.10 Å². The Morgan fingerprint density at radius 3 is 2.44 bits per heavy atom. The van der Waals surface area contributed by atoms with Crippen LogP contribution in [-0.4, -0.2) is 80.6 Å². The molecular weight excluding hydrogens is 504 g/mol. The maximum Gasteiger partial charge on any atom is 0.336 e. The van der Waals surface area contributed by atoms with Crippen LogP contribution in [0.1, 0.15) is 56.5 Å². The van der Waals surface area contributed by atoms with E-state index in [1.807, 2.05) is 11.8 Å². The van der Waals surface area contributed by atoms with Gasteiger partial charge in [0.1, 0.15) is 0 Å². The Bertz CT molecular complexity index is 1490. The van der Waals surface area contributed by atoms with Gasteiger partial charge in [0.25, 0.3) is 17.4 Å². The van der Waals surface area contributed by atoms with Gasteiger partial charge in [0.05, 0.1) is 60.2 Å². The Hall–Kier alpha value is -4.09. The van der Waals surface area contributed by atoms with Gasteiger partial charge in [-0.15, -0.1) is 0 Å². The Balaban J connectivity index is 1.33. The summed E-state index contributed by atoms with van der Waals surface area (Å²) < 4.78 is 6.75. The summed E-state index contributed by atoms with van der Waals surface area (Å²) in [6.45, 7) is 2.58. The molecule has 39 heavy (non-hydrogen) atoms. The normalized spacial score (nSPS) is 19.2. The van der Waals surface area contributed by atoms with Gasteiger partial charge in [0.2, 0.25) is 0 Å². The van der Waals surface area contributed by atoms with Gasteiger partial charge >= 0.3 is 5.97 Å². The van der Waals surface area contributed by atoms with E-state index >= 15 is 0 Å². The standard InChI is InChI=1S/C28H30N4O7/c1-2-24-23-11-16(26(35)32-17-8-9-18(32)15-39-14-17)7-10-21(23)27(36)31(30-24)13-19(33)12-29-25(34)20-5-3-4-6-22(20)28(37)38/h3-7,10-11,17-19,33H,2,8-9,12-15H2,1H3,(H,29,34)(H,37,38)/t17?,18?,19-/m0/s1. The van der Waals surface area contributed by atoms with Crippen LogP contribution in [0.2, 0.25) is 0 Å². The van der Waals surface area contributed by atoms with E-state index in [0.29, 0.717) is 41.7 Å². The molecule has 0 aliphatic carbocycles. The summed E-state index contributed by atoms with van der Waals surface area (Å²) in [5.74, 6) is -1.96. The number of hydrogen-bond donors (Lipinski definition) is 3. The number of fused-ring (bicyclic) bond motifs is 3. The zero-order chi connectivity index (χ0) is 27.7. The number of aliphatic hydroxyl groups excluding tert-OH is 1. The number of carbonyl (C=O) groups is 3. The summed E-state index contributed by atoms with van der Waals surface area (Å²) in [5, 5.41) is 27.8. The number of amides is 2. The maximum atomic E-state index is 13.4. The third-order valence-corrected chi connectivity index (χ3v) is 7.38. The molecule has 2 bridgehead atoms. The van der Waals surface area contributed by atoms with Crippen LogP contribution < -0.4 is 10.9 Å². The van der Waals surface area contributed by atoms with Crippen LogP contribution in [0.5, 0.6) is 0 Å². The van der Waals surface area contributed by atoms with Gasteiger partial charge in [-0.05, 0) is 49.6 Å². The minimum Gasteiger partial charge on any atom is -0.478 e. The minimum atomic E-state index is -1.23. The summed E-state index contributed by atoms with van der Waals surface area (Å²) in [7, 11) is 0. The number of carboxylic acids is 1. The third-order valence-electron chi connectivity index (χ3n) is 7.38. The van der Waals surface area contributed by atoms with E-state index in [1.54, 1.807) is 24.3 Å². The van der Waals surface area contributed by atoms with E-state index in [0.717, 1.165) is 17.5 Å². The van der Waals surface area contributed by atoms with E-state index in [9.17, 15) is 29.4 Å². The topological polar surface area (TPSA) is 151 Å². The van der Waals surface area contributed by atoms with E-state index in [4.69, 9.17) is 4.74 Å². The van der Waals surface area contributed by atoms with Crippen molar-refractivity contribution in [1.29, 1.82) is 0 Å². The third kappa shape index (κ3) is 5.15. The molecule has 2 amide bonds. The highest BCUT2D eigenvalue weighted by atomic mass is 16.5. The molecule has 3 N–H and O–H groups in total. The molecule has 2 aliphatic rings. The molecule has 3 heterocycles. The number of carboxylic acid groups (broad SMARTS) is 1. The SMILES string of the molecule is CCc1nn(C[C@@H](O)CNC(=O)c2ccccc2C(=O)O)c(=O)c2ccc(C(=O)N3C4CCC3COC4)cc12. The lowest BCUT2D eigenvalue weighted by atomic mass is 10.0. The molecule has 3 atom stereocenters. The Kier molecular flexibility index (Phi) is 7.45. The second kappa shape index (κ2) is 11.0. The van der Waals surface area contributed by atoms with Crippen molar-refractivity contribution >= 4 is 28.6 Å². The summed E-state index contributed by atoms with van der Waals surface area (Å²) in [6, 6.07) is 10.9. The van der Waals surface area contributed by atoms with Crippen molar-refractivity contribution in [2.45, 2.75) is 50.9 Å². The van der Waals surface area contributed by atoms with Crippen LogP contribution in [-0.2, 0) is 17.7 Å². The van der Waals surface area contributed by atoms with Crippen LogP contribution in [0.3, 0.4) is 0 Å². The summed E-state index contributed by atoms with van der Waals surface area (Å²) in [5.41, 5.74) is 0.509. The lowest BCUT2D eigenvalue weighted by Gasteiger charge is -2.34. The molecule has 2 aromatic carbocycles. The highest BCUT2D eigenvalue weighted by molar-refractivity contribution is 6.04. The molecule has 3 aromatic rings. The van der Waals surface area contributed by atoms with Crippen LogP contribution in [0.25, 0.3) is 10.8 Å². The largest absolute Gasteiger partial charge is 0.478 e. The van der Waals surface area contributed by atoms with Crippen molar-refractivity contribution in [3.05, 3.63) is 75.2 Å². The summed E-state index contributed by atoms with van der Waals surface area (Å²) in [6.07, 6.45) is 1.18. The predicted octanol–water partition coefficient (Wildman–Crippen LogP) is 1.45. The Morgan fingerprint density at radius 1 is 1.08 bits per heavy atom. The number of ether oxygens (including phenoxy) is 1. The quantitative estimate of drug-likeness (QED) is 0.393. The zero-order valence-electron chi connectivity index (χ0n) is 21.5. The fourth-order valence-electron chi connectivity index (χ4n) is 5.42. The van der Waals surface area contributed by atoms with Gasteiger partial charge in [-0.1, -0.05) is 19.1 Å². The van der Waals surface area contributed by atoms with E-state index in [1.165, 1.54) is 18.2 Å². The number of aromatic carboxylic acids is 1. The first-order valence-electron chi connectivity index (χ1n) is 13.0. The van der Waals surface area contributed by atoms with Gasteiger partial charge in [0, 0.05) is 17.5 Å². The van der Waals surface area contributed by atoms with Crippen molar-refractivity contribution in [3.63, 3.8) is 0 Å². The number of aromatic nitrogens is 2. The van der Waals surface area contributed by atoms with E-state index < -0.39 is 23.5 Å². The lowest BCUT2D eigenvalue weighted by Crippen LogP contribution is -2.49. The number of benzene rings is 2. The van der Waals surface area contributed by atoms with E-state index in [-0.39, 0.29) is 42.2 Å². The lowest BCUT2D eigenvalue weighted by molar-refractivity contribution is -0.00715. The highest BCUT2D eigenvalue weighted by Gasteiger charge is 2.40. The Morgan fingerprint density at radius 2 is 1.77 bits per heavy atom. The first-order valence-corrected chi connectivity index (χ1v) is 13.0. The fraction of sp³-hybridized carbons (Fsp3) is 0.393. The molecule has 0 radical (unpaired) electrons. The van der Waals surface area contributed by atoms with Gasteiger partial charge in [0.15, 0.2) is 0 Å². The number of nitrogens with zero attached hydrogens (tertiary/aromatic N) is 3. The van der Waals surface area contributed by atoms with Crippen LogP contribution in [0.4, 0.5) is 0 Å². The van der Waals surface area contributed by atoms with Crippen LogP contribution >= 0.6 is 0 Å². The van der Waals surface area contributed by atoms with Crippen molar-refractivity contribution in [3.8, 4) is 0 Å². The number of morpholine rings is 1. The first kappa shape index (κ1) is 26.5. The molecule has 0 saturated carbocycles. The maximum absolute atomic E-state index is 13.4. The molecule has 11 heteroatoms. The number of nitrogens with one attached hydrogen (secondary N) is 1. The number of hydrogen-bond acceptors (Lipinski definition) is 7. The molecule has 2 fully saturated rings. The number of carbonyl (C=O) groups excluding carboxylic acids is 2. The van der Waals surface area contributed by atoms with Crippen molar-refractivity contribution < 1.29 is 29.3 Å². The average molecular weight is 535 g/mol. The van der Waals surface area contributed by atoms with Crippen molar-refractivity contribution in [1.82, 2.24) is 20.0 Å². The van der Waals surface area contributed by atoms with Gasteiger partial charge in [-0.25, -0.2) is 9.48 Å². The van der Waals surface area contributed by atoms with Crippen LogP contribution in [0.15, 0.2) is 47.3 Å². The summed E-state index contributed by atoms with van der Waals surface area (Å²) >= 11 is 0. The molecule has 11 nitrogen and oxygen atoms in total. The number of aliphatic hydroxyl groups is 1. The number of rotatable bonds is 8. The zero-order valence-corrected chi connectivity index (χ0v) is 21.5. The predicted molar refractivity (Wildman–Crippen MR) is 141 cm³/mol. The van der Waals surface area contributed by atoms with Gasteiger partial charge in [-0.3, -0.25) is 14.4 Å². The molecule has 2 unspecified atom stereocenters. The van der Waals surface area contributed by atoms with E-state index in [2.05, 4.69) is 10.4 Å². The second-order valence-electron chi connectivity index (χ2n) is 9.90. The van der Waals surface area contributed by atoms with Crippen molar-refractivity contribution in [2.75, 3.05) is 19.8 Å². The summed E-state index contributed by atoms with van der Waals surface area (Å²) in [4.78, 5) is 52.4. The molecule has 0 spiro atoms. The average Bonchev–Trinajstić information content (AvgIpc) is 3.19. The minimum absolute atomic E-state index is 0.0260. The van der Waals surface area contributed by atoms with Crippen LogP contribution in [0, 0.1) is 0 Å². The molecule has 5 rings (SSSR count). The fourth-order valence-corrected chi connectivity index (χ4v) is 5.42. The Labute approximate surface area is 224 Å². The molecular formula is C28H30N4O7. The second-order valence-corrected chi connectivity index (χ2v) is 9.90. The monoisotopic (exact) mass is 534 g/mol. The smallest absolute Gasteiger partial charge is 0.336 e. The molecule has 204 valence electrons. The molecule has 2 saturated heterocycles.